The highest BCUT2D eigenvalue weighted by molar-refractivity contribution is 5.91. The summed E-state index contributed by atoms with van der Waals surface area (Å²) in [6, 6.07) is 7.70. The fourth-order valence-electron chi connectivity index (χ4n) is 3.22. The first-order valence-electron chi connectivity index (χ1n) is 9.88. The molecule has 1 aromatic carbocycles. The van der Waals surface area contributed by atoms with Crippen molar-refractivity contribution in [1.82, 2.24) is 16.0 Å². The number of rotatable bonds is 11. The number of carbonyl (C=O) groups is 3. The van der Waals surface area contributed by atoms with Gasteiger partial charge in [0.2, 0.25) is 11.8 Å². The van der Waals surface area contributed by atoms with E-state index in [1.165, 1.54) is 0 Å². The van der Waals surface area contributed by atoms with Gasteiger partial charge >= 0.3 is 0 Å². The van der Waals surface area contributed by atoms with Crippen molar-refractivity contribution in [1.29, 1.82) is 0 Å². The summed E-state index contributed by atoms with van der Waals surface area (Å²) < 4.78 is 0. The Morgan fingerprint density at radius 3 is 2.62 bits per heavy atom. The molecule has 9 heteroatoms. The molecule has 0 aromatic heterocycles. The Bertz CT molecular complexity index is 699. The molecule has 0 radical (unpaired) electrons. The average Bonchev–Trinajstić information content (AvgIpc) is 3.25. The summed E-state index contributed by atoms with van der Waals surface area (Å²) in [5.74, 6) is -0.601. The Morgan fingerprint density at radius 1 is 1.24 bits per heavy atom. The van der Waals surface area contributed by atoms with Gasteiger partial charge in [0.25, 0.3) is 0 Å². The van der Waals surface area contributed by atoms with E-state index in [0.717, 1.165) is 24.9 Å². The summed E-state index contributed by atoms with van der Waals surface area (Å²) in [6.45, 7) is 1.16. The summed E-state index contributed by atoms with van der Waals surface area (Å²) in [5.41, 5.74) is 11.5. The molecule has 0 spiro atoms. The Morgan fingerprint density at radius 2 is 2.00 bits per heavy atom. The van der Waals surface area contributed by atoms with E-state index in [0.29, 0.717) is 32.1 Å². The SMILES string of the molecule is NC(N)=NCCC[C@@H](C=O)NC(=O)[C@H](Cc1ccccc1)NC(=O)[C@@H]1CCCN1. The molecular formula is C20H30N6O3. The van der Waals surface area contributed by atoms with Gasteiger partial charge in [-0.3, -0.25) is 14.6 Å². The lowest BCUT2D eigenvalue weighted by Crippen LogP contribution is -2.54. The maximum absolute atomic E-state index is 12.8. The van der Waals surface area contributed by atoms with Crippen LogP contribution in [0.15, 0.2) is 35.3 Å². The van der Waals surface area contributed by atoms with Crippen LogP contribution < -0.4 is 27.4 Å². The zero-order valence-corrected chi connectivity index (χ0v) is 16.5. The van der Waals surface area contributed by atoms with Crippen LogP contribution in [0.4, 0.5) is 0 Å². The lowest BCUT2D eigenvalue weighted by Gasteiger charge is -2.22. The normalized spacial score (nSPS) is 17.7. The topological polar surface area (TPSA) is 152 Å². The number of nitrogens with two attached hydrogens (primary N) is 2. The van der Waals surface area contributed by atoms with Crippen molar-refractivity contribution >= 4 is 24.1 Å². The minimum atomic E-state index is -0.771. The first-order valence-corrected chi connectivity index (χ1v) is 9.88. The highest BCUT2D eigenvalue weighted by Crippen LogP contribution is 2.08. The van der Waals surface area contributed by atoms with Crippen molar-refractivity contribution in [2.45, 2.75) is 50.2 Å². The smallest absolute Gasteiger partial charge is 0.243 e. The molecule has 29 heavy (non-hydrogen) atoms. The standard InChI is InChI=1S/C20H30N6O3/c21-20(22)24-11-4-8-15(13-27)25-19(29)17(12-14-6-2-1-3-7-14)26-18(28)16-9-5-10-23-16/h1-3,6-7,13,15-17,23H,4-5,8-12H2,(H,25,29)(H,26,28)(H4,21,22,24)/t15-,16-,17-/m0/s1. The third-order valence-corrected chi connectivity index (χ3v) is 4.75. The van der Waals surface area contributed by atoms with Gasteiger partial charge in [-0.2, -0.15) is 0 Å². The first-order chi connectivity index (χ1) is 14.0. The summed E-state index contributed by atoms with van der Waals surface area (Å²) >= 11 is 0. The van der Waals surface area contributed by atoms with Crippen molar-refractivity contribution in [2.75, 3.05) is 13.1 Å². The molecule has 1 aromatic rings. The summed E-state index contributed by atoms with van der Waals surface area (Å²) in [6.07, 6.45) is 3.65. The molecule has 1 fully saturated rings. The van der Waals surface area contributed by atoms with Gasteiger partial charge in [-0.1, -0.05) is 30.3 Å². The lowest BCUT2D eigenvalue weighted by molar-refractivity contribution is -0.130. The zero-order valence-electron chi connectivity index (χ0n) is 16.5. The molecule has 0 bridgehead atoms. The number of amides is 2. The molecule has 158 valence electrons. The minimum absolute atomic E-state index is 0.0113. The Hall–Kier alpha value is -2.94. The van der Waals surface area contributed by atoms with Crippen LogP contribution in [-0.4, -0.2) is 55.3 Å². The number of benzene rings is 1. The summed E-state index contributed by atoms with van der Waals surface area (Å²) in [4.78, 5) is 40.6. The van der Waals surface area contributed by atoms with Gasteiger partial charge in [-0.25, -0.2) is 0 Å². The maximum Gasteiger partial charge on any atom is 0.243 e. The van der Waals surface area contributed by atoms with Crippen molar-refractivity contribution in [3.05, 3.63) is 35.9 Å². The maximum atomic E-state index is 12.8. The Labute approximate surface area is 170 Å². The number of guanidine groups is 1. The molecular weight excluding hydrogens is 372 g/mol. The van der Waals surface area contributed by atoms with E-state index in [9.17, 15) is 14.4 Å². The zero-order chi connectivity index (χ0) is 21.1. The number of aliphatic imine (C=N–C) groups is 1. The van der Waals surface area contributed by atoms with E-state index in [4.69, 9.17) is 11.5 Å². The lowest BCUT2D eigenvalue weighted by atomic mass is 10.0. The van der Waals surface area contributed by atoms with Crippen LogP contribution in [0.25, 0.3) is 0 Å². The van der Waals surface area contributed by atoms with Gasteiger partial charge < -0.3 is 32.2 Å². The second kappa shape index (κ2) is 11.8. The summed E-state index contributed by atoms with van der Waals surface area (Å²) in [5, 5.41) is 8.68. The van der Waals surface area contributed by atoms with Gasteiger partial charge in [-0.15, -0.1) is 0 Å². The molecule has 3 atom stereocenters. The van der Waals surface area contributed by atoms with Crippen molar-refractivity contribution in [2.24, 2.45) is 16.5 Å². The predicted molar refractivity (Wildman–Crippen MR) is 111 cm³/mol. The quantitative estimate of drug-likeness (QED) is 0.141. The molecule has 2 amide bonds. The monoisotopic (exact) mass is 402 g/mol. The van der Waals surface area contributed by atoms with Crippen LogP contribution in [0.3, 0.4) is 0 Å². The number of hydrogen-bond donors (Lipinski definition) is 5. The Balaban J connectivity index is 1.98. The number of hydrogen-bond acceptors (Lipinski definition) is 5. The average molecular weight is 402 g/mol. The molecule has 1 aliphatic heterocycles. The largest absolute Gasteiger partial charge is 0.370 e. The van der Waals surface area contributed by atoms with E-state index < -0.39 is 12.1 Å². The third-order valence-electron chi connectivity index (χ3n) is 4.75. The van der Waals surface area contributed by atoms with Crippen LogP contribution in [0.2, 0.25) is 0 Å². The van der Waals surface area contributed by atoms with Crippen molar-refractivity contribution in [3.63, 3.8) is 0 Å². The third kappa shape index (κ3) is 7.90. The molecule has 0 aliphatic carbocycles. The van der Waals surface area contributed by atoms with Gasteiger partial charge in [0, 0.05) is 13.0 Å². The van der Waals surface area contributed by atoms with Gasteiger partial charge in [0.1, 0.15) is 12.3 Å². The fourth-order valence-corrected chi connectivity index (χ4v) is 3.22. The number of nitrogens with zero attached hydrogens (tertiary/aromatic N) is 1. The van der Waals surface area contributed by atoms with Gasteiger partial charge in [0.05, 0.1) is 12.1 Å². The van der Waals surface area contributed by atoms with E-state index >= 15 is 0 Å². The first kappa shape index (κ1) is 22.4. The van der Waals surface area contributed by atoms with Crippen LogP contribution >= 0.6 is 0 Å². The van der Waals surface area contributed by atoms with Crippen molar-refractivity contribution < 1.29 is 14.4 Å². The highest BCUT2D eigenvalue weighted by atomic mass is 16.2. The molecule has 0 saturated carbocycles. The van der Waals surface area contributed by atoms with Crippen LogP contribution in [-0.2, 0) is 20.8 Å². The van der Waals surface area contributed by atoms with Crippen LogP contribution in [0.5, 0.6) is 0 Å². The van der Waals surface area contributed by atoms with E-state index in [-0.39, 0.29) is 23.8 Å². The number of carbonyl (C=O) groups excluding carboxylic acids is 3. The van der Waals surface area contributed by atoms with Crippen molar-refractivity contribution in [3.8, 4) is 0 Å². The molecule has 1 aliphatic rings. The number of aldehydes is 1. The fraction of sp³-hybridized carbons (Fsp3) is 0.500. The molecule has 7 N–H and O–H groups in total. The summed E-state index contributed by atoms with van der Waals surface area (Å²) in [7, 11) is 0. The van der Waals surface area contributed by atoms with E-state index in [1.54, 1.807) is 0 Å². The predicted octanol–water partition coefficient (Wildman–Crippen LogP) is -0.797. The second-order valence-electron chi connectivity index (χ2n) is 7.10. The highest BCUT2D eigenvalue weighted by Gasteiger charge is 2.28. The van der Waals surface area contributed by atoms with Gasteiger partial charge in [-0.05, 0) is 37.8 Å². The number of nitrogens with one attached hydrogen (secondary N) is 3. The van der Waals surface area contributed by atoms with E-state index in [2.05, 4.69) is 20.9 Å². The van der Waals surface area contributed by atoms with Crippen LogP contribution in [0, 0.1) is 0 Å². The second-order valence-corrected chi connectivity index (χ2v) is 7.10. The van der Waals surface area contributed by atoms with Crippen LogP contribution in [0.1, 0.15) is 31.2 Å². The Kier molecular flexibility index (Phi) is 9.10. The molecule has 2 rings (SSSR count). The van der Waals surface area contributed by atoms with E-state index in [1.807, 2.05) is 30.3 Å². The van der Waals surface area contributed by atoms with Gasteiger partial charge in [0.15, 0.2) is 5.96 Å². The molecule has 1 saturated heterocycles. The molecule has 1 heterocycles. The minimum Gasteiger partial charge on any atom is -0.370 e. The molecule has 0 unspecified atom stereocenters. The molecule has 9 nitrogen and oxygen atoms in total.